The van der Waals surface area contributed by atoms with Gasteiger partial charge in [-0.25, -0.2) is 19.6 Å². The number of nitrogens with zero attached hydrogens (tertiary/aromatic N) is 3. The molecule has 170 valence electrons. The van der Waals surface area contributed by atoms with Crippen LogP contribution >= 0.6 is 11.3 Å². The molecule has 1 amide bonds. The molecule has 5 N–H and O–H groups in total. The lowest BCUT2D eigenvalue weighted by Crippen LogP contribution is -2.69. The molecule has 2 heterocycles. The Morgan fingerprint density at radius 2 is 2.00 bits per heavy atom. The van der Waals surface area contributed by atoms with Gasteiger partial charge in [0.15, 0.2) is 16.6 Å². The summed E-state index contributed by atoms with van der Waals surface area (Å²) >= 11 is 1.03. The summed E-state index contributed by atoms with van der Waals surface area (Å²) in [4.78, 5) is 61.2. The quantitative estimate of drug-likeness (QED) is 0.189. The number of nitrogens with two attached hydrogens (primary N) is 1. The molecular formula is C17H22N4O9S. The maximum absolute atomic E-state index is 12.9. The number of rotatable bonds is 11. The topological polar surface area (TPSA) is 202 Å². The molecule has 0 saturated carbocycles. The third-order valence-corrected chi connectivity index (χ3v) is 5.29. The highest BCUT2D eigenvalue weighted by Crippen LogP contribution is 2.40. The van der Waals surface area contributed by atoms with E-state index < -0.39 is 53.9 Å². The van der Waals surface area contributed by atoms with Crippen molar-refractivity contribution in [3.05, 3.63) is 11.1 Å². The molecule has 3 atom stereocenters. The first-order valence-electron chi connectivity index (χ1n) is 8.95. The zero-order valence-electron chi connectivity index (χ0n) is 16.8. The number of amides is 1. The van der Waals surface area contributed by atoms with E-state index in [1.807, 2.05) is 0 Å². The van der Waals surface area contributed by atoms with Crippen LogP contribution in [0.25, 0.3) is 0 Å². The van der Waals surface area contributed by atoms with Gasteiger partial charge in [-0.3, -0.25) is 14.4 Å². The number of hydroxylamine groups is 2. The summed E-state index contributed by atoms with van der Waals surface area (Å²) < 4.78 is 0. The van der Waals surface area contributed by atoms with Crippen LogP contribution in [-0.2, 0) is 28.9 Å². The fourth-order valence-corrected chi connectivity index (χ4v) is 3.26. The summed E-state index contributed by atoms with van der Waals surface area (Å²) in [6.07, 6.45) is -3.33. The van der Waals surface area contributed by atoms with E-state index in [-0.39, 0.29) is 23.0 Å². The molecule has 1 saturated heterocycles. The predicted octanol–water partition coefficient (Wildman–Crippen LogP) is -0.508. The number of aliphatic hydroxyl groups excluding tert-OH is 1. The number of carbonyl (C=O) groups excluding carboxylic acids is 2. The van der Waals surface area contributed by atoms with E-state index in [2.05, 4.69) is 10.1 Å². The molecule has 1 fully saturated rings. The van der Waals surface area contributed by atoms with Gasteiger partial charge in [0, 0.05) is 11.8 Å². The third-order valence-electron chi connectivity index (χ3n) is 4.62. The Balaban J connectivity index is 2.19. The number of carboxylic acids is 2. The molecule has 1 aromatic rings. The van der Waals surface area contributed by atoms with E-state index in [0.717, 1.165) is 16.4 Å². The highest BCUT2D eigenvalue weighted by atomic mass is 32.1. The van der Waals surface area contributed by atoms with Gasteiger partial charge in [-0.2, -0.15) is 0 Å². The smallest absolute Gasteiger partial charge is 0.347 e. The van der Waals surface area contributed by atoms with E-state index in [1.54, 1.807) is 13.8 Å². The van der Waals surface area contributed by atoms with Gasteiger partial charge in [0.1, 0.15) is 5.69 Å². The van der Waals surface area contributed by atoms with Crippen molar-refractivity contribution in [3.8, 4) is 0 Å². The average Bonchev–Trinajstić information content (AvgIpc) is 3.11. The molecule has 0 aromatic carbocycles. The minimum atomic E-state index is -1.64. The first-order valence-corrected chi connectivity index (χ1v) is 9.83. The number of Topliss-reactive ketones (excluding diaryl/α,β-unsaturated/α-hetero) is 1. The number of aliphatic hydroxyl groups is 1. The standard InChI is InChI=1S/C17H22N4O9S/c1-7(14(25)26)29-20-12(9-6-31-16(18)19-9)10(23)4-8-13(24)21(17(8,2)3)30-11(5-22)15(27)28/h6-8,11,22H,4-5H2,1-3H3,(H2,18,19)(H,25,26)(H,27,28)/b20-12-/t7?,8-,11?/m1/s1. The molecule has 1 aromatic heterocycles. The Hall–Kier alpha value is -3.10. The number of nitrogen functional groups attached to an aromatic ring is 1. The number of β-lactam (4-membered cyclic amide) rings is 1. The Morgan fingerprint density at radius 3 is 2.45 bits per heavy atom. The molecule has 0 aliphatic carbocycles. The molecular weight excluding hydrogens is 436 g/mol. The lowest BCUT2D eigenvalue weighted by molar-refractivity contribution is -0.287. The predicted molar refractivity (Wildman–Crippen MR) is 105 cm³/mol. The van der Waals surface area contributed by atoms with Crippen molar-refractivity contribution in [2.45, 2.75) is 44.9 Å². The van der Waals surface area contributed by atoms with Crippen molar-refractivity contribution < 1.29 is 44.2 Å². The number of hydrogen-bond acceptors (Lipinski definition) is 11. The van der Waals surface area contributed by atoms with Gasteiger partial charge in [-0.1, -0.05) is 5.16 Å². The molecule has 1 aliphatic heterocycles. The van der Waals surface area contributed by atoms with Crippen LogP contribution < -0.4 is 5.73 Å². The molecule has 14 heteroatoms. The number of ketones is 1. The average molecular weight is 458 g/mol. The second-order valence-electron chi connectivity index (χ2n) is 7.18. The lowest BCUT2D eigenvalue weighted by atomic mass is 9.74. The minimum absolute atomic E-state index is 0.0639. The van der Waals surface area contributed by atoms with Gasteiger partial charge >= 0.3 is 11.9 Å². The largest absolute Gasteiger partial charge is 0.479 e. The van der Waals surface area contributed by atoms with Gasteiger partial charge in [0.2, 0.25) is 12.2 Å². The number of thiazole rings is 1. The molecule has 1 aliphatic rings. The lowest BCUT2D eigenvalue weighted by Gasteiger charge is -2.52. The van der Waals surface area contributed by atoms with Crippen LogP contribution in [-0.4, -0.2) is 79.1 Å². The Bertz CT molecular complexity index is 913. The van der Waals surface area contributed by atoms with Crippen molar-refractivity contribution in [3.63, 3.8) is 0 Å². The number of aromatic nitrogens is 1. The summed E-state index contributed by atoms with van der Waals surface area (Å²) in [6.45, 7) is 3.49. The van der Waals surface area contributed by atoms with E-state index in [0.29, 0.717) is 0 Å². The van der Waals surface area contributed by atoms with Gasteiger partial charge in [-0.15, -0.1) is 11.3 Å². The number of hydrogen-bond donors (Lipinski definition) is 4. The number of carboxylic acid groups (broad SMARTS) is 2. The SMILES string of the molecule is CC(O/N=C(\C(=O)C[C@@H]1C(=O)N(OC(CO)C(=O)O)C1(C)C)c1csc(N)n1)C(=O)O. The zero-order valence-corrected chi connectivity index (χ0v) is 17.7. The number of anilines is 1. The Kier molecular flexibility index (Phi) is 7.30. The maximum atomic E-state index is 12.9. The summed E-state index contributed by atoms with van der Waals surface area (Å²) in [5, 5.41) is 33.0. The van der Waals surface area contributed by atoms with Crippen molar-refractivity contribution >= 4 is 45.8 Å². The van der Waals surface area contributed by atoms with Crippen LogP contribution in [0.2, 0.25) is 0 Å². The fraction of sp³-hybridized carbons (Fsp3) is 0.529. The molecule has 0 spiro atoms. The van der Waals surface area contributed by atoms with Crippen molar-refractivity contribution in [2.75, 3.05) is 12.3 Å². The van der Waals surface area contributed by atoms with Crippen molar-refractivity contribution in [1.82, 2.24) is 10.0 Å². The van der Waals surface area contributed by atoms with Gasteiger partial charge in [-0.05, 0) is 20.8 Å². The van der Waals surface area contributed by atoms with Gasteiger partial charge in [0.25, 0.3) is 5.91 Å². The molecule has 13 nitrogen and oxygen atoms in total. The molecule has 0 radical (unpaired) electrons. The van der Waals surface area contributed by atoms with Crippen LogP contribution in [0.3, 0.4) is 0 Å². The highest BCUT2D eigenvalue weighted by Gasteiger charge is 2.57. The summed E-state index contributed by atoms with van der Waals surface area (Å²) in [7, 11) is 0. The number of oxime groups is 1. The van der Waals surface area contributed by atoms with Crippen LogP contribution in [0.4, 0.5) is 5.13 Å². The van der Waals surface area contributed by atoms with Crippen LogP contribution in [0.1, 0.15) is 32.9 Å². The van der Waals surface area contributed by atoms with Gasteiger partial charge in [0.05, 0.1) is 18.1 Å². The Labute approximate surface area is 180 Å². The zero-order chi connectivity index (χ0) is 23.5. The maximum Gasteiger partial charge on any atom is 0.347 e. The molecule has 2 rings (SSSR count). The first-order chi connectivity index (χ1) is 14.4. The fourth-order valence-electron chi connectivity index (χ4n) is 2.71. The van der Waals surface area contributed by atoms with E-state index in [4.69, 9.17) is 30.7 Å². The monoisotopic (exact) mass is 458 g/mol. The first kappa shape index (κ1) is 24.2. The van der Waals surface area contributed by atoms with Crippen LogP contribution in [0, 0.1) is 5.92 Å². The van der Waals surface area contributed by atoms with E-state index in [9.17, 15) is 19.2 Å². The normalized spacial score (nSPS) is 20.0. The second-order valence-corrected chi connectivity index (χ2v) is 8.07. The number of carbonyl (C=O) groups is 4. The van der Waals surface area contributed by atoms with Gasteiger partial charge < -0.3 is 25.9 Å². The van der Waals surface area contributed by atoms with Crippen molar-refractivity contribution in [1.29, 1.82) is 0 Å². The third kappa shape index (κ3) is 5.15. The summed E-state index contributed by atoms with van der Waals surface area (Å²) in [5.74, 6) is -4.97. The highest BCUT2D eigenvalue weighted by molar-refractivity contribution is 7.13. The number of aliphatic carboxylic acids is 2. The molecule has 31 heavy (non-hydrogen) atoms. The Morgan fingerprint density at radius 1 is 1.35 bits per heavy atom. The minimum Gasteiger partial charge on any atom is -0.479 e. The summed E-state index contributed by atoms with van der Waals surface area (Å²) in [6, 6.07) is 0. The molecule has 0 bridgehead atoms. The summed E-state index contributed by atoms with van der Waals surface area (Å²) in [5.41, 5.74) is 4.28. The van der Waals surface area contributed by atoms with Crippen LogP contribution in [0.15, 0.2) is 10.5 Å². The molecule has 2 unspecified atom stereocenters. The second kappa shape index (κ2) is 9.36. The van der Waals surface area contributed by atoms with E-state index >= 15 is 0 Å². The van der Waals surface area contributed by atoms with E-state index in [1.165, 1.54) is 12.3 Å². The van der Waals surface area contributed by atoms with Crippen LogP contribution in [0.5, 0.6) is 0 Å². The van der Waals surface area contributed by atoms with Crippen molar-refractivity contribution in [2.24, 2.45) is 11.1 Å².